The van der Waals surface area contributed by atoms with Gasteiger partial charge in [-0.1, -0.05) is 34.1 Å². The molecule has 0 atom stereocenters. The Balaban J connectivity index is 2.67. The predicted molar refractivity (Wildman–Crippen MR) is 59.5 cm³/mol. The molecular formula is C11H11BrO3. The lowest BCUT2D eigenvalue weighted by Gasteiger charge is -2.03. The van der Waals surface area contributed by atoms with E-state index in [1.54, 1.807) is 13.0 Å². The maximum absolute atomic E-state index is 11.4. The molecule has 0 radical (unpaired) electrons. The Hall–Kier alpha value is -1.16. The van der Waals surface area contributed by atoms with E-state index in [1.807, 2.05) is 18.2 Å². The number of hydrogen-bond acceptors (Lipinski definition) is 3. The number of carbonyl (C=O) groups is 2. The van der Waals surface area contributed by atoms with Crippen molar-refractivity contribution in [2.45, 2.75) is 13.3 Å². The fraction of sp³-hybridized carbons (Fsp3) is 0.273. The molecule has 4 heteroatoms. The van der Waals surface area contributed by atoms with Gasteiger partial charge in [0.25, 0.3) is 0 Å². The summed E-state index contributed by atoms with van der Waals surface area (Å²) in [5.74, 6) is -1.29. The van der Waals surface area contributed by atoms with Crippen LogP contribution in [0.4, 0.5) is 0 Å². The van der Waals surface area contributed by atoms with Crippen molar-refractivity contribution in [3.8, 4) is 0 Å². The van der Waals surface area contributed by atoms with Gasteiger partial charge in [-0.3, -0.25) is 4.79 Å². The lowest BCUT2D eigenvalue weighted by Crippen LogP contribution is -2.19. The van der Waals surface area contributed by atoms with Crippen LogP contribution in [0.25, 0.3) is 0 Å². The maximum atomic E-state index is 11.4. The molecule has 1 rings (SSSR count). The van der Waals surface area contributed by atoms with Gasteiger partial charge in [0.15, 0.2) is 0 Å². The van der Waals surface area contributed by atoms with Crippen molar-refractivity contribution in [2.24, 2.45) is 0 Å². The van der Waals surface area contributed by atoms with E-state index in [0.717, 1.165) is 10.0 Å². The highest BCUT2D eigenvalue weighted by atomic mass is 79.9. The van der Waals surface area contributed by atoms with Crippen LogP contribution in [0, 0.1) is 0 Å². The lowest BCUT2D eigenvalue weighted by atomic mass is 10.1. The van der Waals surface area contributed by atoms with Gasteiger partial charge in [-0.15, -0.1) is 0 Å². The van der Waals surface area contributed by atoms with Crippen molar-refractivity contribution in [1.29, 1.82) is 0 Å². The van der Waals surface area contributed by atoms with Gasteiger partial charge in [0.05, 0.1) is 6.61 Å². The maximum Gasteiger partial charge on any atom is 0.374 e. The zero-order valence-electron chi connectivity index (χ0n) is 8.33. The molecule has 0 aliphatic carbocycles. The Morgan fingerprint density at radius 3 is 2.60 bits per heavy atom. The fourth-order valence-electron chi connectivity index (χ4n) is 1.10. The first-order chi connectivity index (χ1) is 7.15. The molecule has 0 amide bonds. The molecule has 0 aliphatic heterocycles. The quantitative estimate of drug-likeness (QED) is 0.622. The van der Waals surface area contributed by atoms with E-state index in [1.165, 1.54) is 0 Å². The molecule has 3 nitrogen and oxygen atoms in total. The summed E-state index contributed by atoms with van der Waals surface area (Å²) in [4.78, 5) is 22.4. The molecule has 0 saturated heterocycles. The lowest BCUT2D eigenvalue weighted by molar-refractivity contribution is -0.153. The molecule has 0 aliphatic rings. The van der Waals surface area contributed by atoms with E-state index in [4.69, 9.17) is 0 Å². The Morgan fingerprint density at radius 2 is 2.00 bits per heavy atom. The largest absolute Gasteiger partial charge is 0.460 e. The average molecular weight is 271 g/mol. The molecule has 0 spiro atoms. The topological polar surface area (TPSA) is 43.4 Å². The normalized spacial score (nSPS) is 9.73. The van der Waals surface area contributed by atoms with E-state index in [2.05, 4.69) is 20.7 Å². The summed E-state index contributed by atoms with van der Waals surface area (Å²) >= 11 is 3.31. The Kier molecular flexibility index (Phi) is 4.49. The van der Waals surface area contributed by atoms with Crippen molar-refractivity contribution in [1.82, 2.24) is 0 Å². The molecule has 1 aromatic carbocycles. The van der Waals surface area contributed by atoms with Crippen LogP contribution in [-0.2, 0) is 20.7 Å². The Morgan fingerprint density at radius 1 is 1.33 bits per heavy atom. The first-order valence-corrected chi connectivity index (χ1v) is 5.37. The Bertz CT molecular complexity index is 374. The van der Waals surface area contributed by atoms with Gasteiger partial charge in [0.1, 0.15) is 0 Å². The number of esters is 1. The highest BCUT2D eigenvalue weighted by Crippen LogP contribution is 2.16. The van der Waals surface area contributed by atoms with Gasteiger partial charge in [0.2, 0.25) is 5.78 Å². The molecule has 1 aromatic rings. The van der Waals surface area contributed by atoms with Crippen molar-refractivity contribution in [3.63, 3.8) is 0 Å². The summed E-state index contributed by atoms with van der Waals surface area (Å²) in [6, 6.07) is 7.29. The monoisotopic (exact) mass is 270 g/mol. The minimum Gasteiger partial charge on any atom is -0.460 e. The molecule has 0 saturated carbocycles. The zero-order chi connectivity index (χ0) is 11.3. The SMILES string of the molecule is CCOC(=O)C(=O)Cc1ccccc1Br. The standard InChI is InChI=1S/C11H11BrO3/c1-2-15-11(14)10(13)7-8-5-3-4-6-9(8)12/h3-6H,2,7H2,1H3. The van der Waals surface area contributed by atoms with Crippen LogP contribution >= 0.6 is 15.9 Å². The van der Waals surface area contributed by atoms with Crippen LogP contribution in [0.15, 0.2) is 28.7 Å². The van der Waals surface area contributed by atoms with Crippen LogP contribution < -0.4 is 0 Å². The second-order valence-electron chi connectivity index (χ2n) is 2.91. The first-order valence-electron chi connectivity index (χ1n) is 4.58. The van der Waals surface area contributed by atoms with E-state index in [9.17, 15) is 9.59 Å². The second kappa shape index (κ2) is 5.66. The highest BCUT2D eigenvalue weighted by Gasteiger charge is 2.16. The zero-order valence-corrected chi connectivity index (χ0v) is 9.91. The van der Waals surface area contributed by atoms with E-state index < -0.39 is 11.8 Å². The smallest absolute Gasteiger partial charge is 0.374 e. The summed E-state index contributed by atoms with van der Waals surface area (Å²) in [5, 5.41) is 0. The summed E-state index contributed by atoms with van der Waals surface area (Å²) in [7, 11) is 0. The van der Waals surface area contributed by atoms with E-state index in [-0.39, 0.29) is 13.0 Å². The highest BCUT2D eigenvalue weighted by molar-refractivity contribution is 9.10. The third kappa shape index (κ3) is 3.47. The Labute approximate surface area is 96.6 Å². The van der Waals surface area contributed by atoms with Gasteiger partial charge < -0.3 is 4.74 Å². The number of benzene rings is 1. The minimum atomic E-state index is -0.770. The van der Waals surface area contributed by atoms with Crippen molar-refractivity contribution >= 4 is 27.7 Å². The van der Waals surface area contributed by atoms with Crippen LogP contribution in [0.1, 0.15) is 12.5 Å². The molecular weight excluding hydrogens is 260 g/mol. The molecule has 0 fully saturated rings. The van der Waals surface area contributed by atoms with Gasteiger partial charge in [-0.2, -0.15) is 0 Å². The number of ketones is 1. The summed E-state index contributed by atoms with van der Waals surface area (Å²) in [6.07, 6.45) is 0.0697. The van der Waals surface area contributed by atoms with Crippen LogP contribution in [0.2, 0.25) is 0 Å². The van der Waals surface area contributed by atoms with E-state index in [0.29, 0.717) is 0 Å². The third-order valence-electron chi connectivity index (χ3n) is 1.81. The molecule has 15 heavy (non-hydrogen) atoms. The summed E-state index contributed by atoms with van der Waals surface area (Å²) in [6.45, 7) is 1.89. The van der Waals surface area contributed by atoms with Crippen LogP contribution in [0.3, 0.4) is 0 Å². The van der Waals surface area contributed by atoms with Gasteiger partial charge in [-0.25, -0.2) is 4.79 Å². The van der Waals surface area contributed by atoms with Gasteiger partial charge >= 0.3 is 5.97 Å². The van der Waals surface area contributed by atoms with Crippen molar-refractivity contribution in [3.05, 3.63) is 34.3 Å². The fourth-order valence-corrected chi connectivity index (χ4v) is 1.52. The second-order valence-corrected chi connectivity index (χ2v) is 3.77. The molecule has 80 valence electrons. The van der Waals surface area contributed by atoms with Crippen LogP contribution in [-0.4, -0.2) is 18.4 Å². The number of Topliss-reactive ketones (excluding diaryl/α,β-unsaturated/α-hetero) is 1. The van der Waals surface area contributed by atoms with Crippen LogP contribution in [0.5, 0.6) is 0 Å². The first kappa shape index (κ1) is 11.9. The summed E-state index contributed by atoms with van der Waals surface area (Å²) < 4.78 is 5.43. The molecule has 0 N–H and O–H groups in total. The van der Waals surface area contributed by atoms with Gasteiger partial charge in [-0.05, 0) is 18.6 Å². The number of rotatable bonds is 4. The van der Waals surface area contributed by atoms with Gasteiger partial charge in [0, 0.05) is 10.9 Å². The number of halogens is 1. The third-order valence-corrected chi connectivity index (χ3v) is 2.59. The van der Waals surface area contributed by atoms with Crippen molar-refractivity contribution < 1.29 is 14.3 Å². The van der Waals surface area contributed by atoms with E-state index >= 15 is 0 Å². The summed E-state index contributed by atoms with van der Waals surface area (Å²) in [5.41, 5.74) is 0.788. The molecule has 0 aromatic heterocycles. The number of ether oxygens (including phenoxy) is 1. The average Bonchev–Trinajstić information content (AvgIpc) is 2.21. The minimum absolute atomic E-state index is 0.0697. The molecule has 0 bridgehead atoms. The molecule has 0 unspecified atom stereocenters. The van der Waals surface area contributed by atoms with Crippen molar-refractivity contribution in [2.75, 3.05) is 6.61 Å². The predicted octanol–water partition coefficient (Wildman–Crippen LogP) is 2.12. The number of carbonyl (C=O) groups excluding carboxylic acids is 2. The molecule has 0 heterocycles. The number of hydrogen-bond donors (Lipinski definition) is 0.